The maximum Gasteiger partial charge on any atom is 0.254 e. The van der Waals surface area contributed by atoms with Crippen LogP contribution in [0.5, 0.6) is 0 Å². The van der Waals surface area contributed by atoms with E-state index in [1.807, 2.05) is 6.92 Å². The number of nitrogens with zero attached hydrogens (tertiary/aromatic N) is 2. The molecule has 2 atom stereocenters. The molecule has 1 aromatic rings. The zero-order valence-electron chi connectivity index (χ0n) is 16.4. The Labute approximate surface area is 156 Å². The second kappa shape index (κ2) is 6.01. The lowest BCUT2D eigenvalue weighted by Gasteiger charge is -2.58. The Kier molecular flexibility index (Phi) is 4.14. The number of aryl methyl sites for hydroxylation is 1. The van der Waals surface area contributed by atoms with Crippen LogP contribution in [-0.2, 0) is 6.42 Å². The van der Waals surface area contributed by atoms with Crippen molar-refractivity contribution in [2.24, 2.45) is 23.2 Å². The standard InChI is InChI=1S/C21H31N3O2/c1-12-22-11-16(17(23-12)10-20(2,3)4)19(25)24-18-14-5-13-6-15(18)9-21(26,7-13)8-14/h11,13-15,18,26H,5-10H2,1-4H3,(H,24,25)/t13?,14?,15?,18-,21+. The molecule has 5 nitrogen and oxygen atoms in total. The van der Waals surface area contributed by atoms with Crippen LogP contribution in [0.15, 0.2) is 6.20 Å². The summed E-state index contributed by atoms with van der Waals surface area (Å²) in [5.74, 6) is 2.12. The number of aliphatic hydroxyl groups is 1. The van der Waals surface area contributed by atoms with Gasteiger partial charge in [0.05, 0.1) is 16.9 Å². The molecule has 0 spiro atoms. The fraction of sp³-hybridized carbons (Fsp3) is 0.762. The zero-order valence-corrected chi connectivity index (χ0v) is 16.4. The van der Waals surface area contributed by atoms with Crippen LogP contribution >= 0.6 is 0 Å². The van der Waals surface area contributed by atoms with Crippen LogP contribution < -0.4 is 5.32 Å². The van der Waals surface area contributed by atoms with Gasteiger partial charge < -0.3 is 10.4 Å². The number of aromatic nitrogens is 2. The number of amides is 1. The van der Waals surface area contributed by atoms with Crippen molar-refractivity contribution in [1.29, 1.82) is 0 Å². The Balaban J connectivity index is 1.54. The maximum absolute atomic E-state index is 13.1. The predicted octanol–water partition coefficient (Wildman–Crippen LogP) is 3.04. The predicted molar refractivity (Wildman–Crippen MR) is 99.7 cm³/mol. The van der Waals surface area contributed by atoms with E-state index in [1.54, 1.807) is 6.20 Å². The van der Waals surface area contributed by atoms with Crippen molar-refractivity contribution < 1.29 is 9.90 Å². The zero-order chi connectivity index (χ0) is 18.7. The monoisotopic (exact) mass is 357 g/mol. The van der Waals surface area contributed by atoms with Crippen LogP contribution in [0.2, 0.25) is 0 Å². The maximum atomic E-state index is 13.1. The third-order valence-corrected chi connectivity index (χ3v) is 6.47. The number of hydrogen-bond acceptors (Lipinski definition) is 4. The molecule has 5 rings (SSSR count). The Morgan fingerprint density at radius 1 is 1.27 bits per heavy atom. The molecule has 26 heavy (non-hydrogen) atoms. The summed E-state index contributed by atoms with van der Waals surface area (Å²) in [5.41, 5.74) is 1.03. The van der Waals surface area contributed by atoms with Gasteiger partial charge in [-0.25, -0.2) is 9.97 Å². The highest BCUT2D eigenvalue weighted by Gasteiger charge is 2.55. The molecule has 1 aromatic heterocycles. The first-order valence-corrected chi connectivity index (χ1v) is 9.98. The first kappa shape index (κ1) is 17.9. The molecule has 4 aliphatic carbocycles. The lowest BCUT2D eigenvalue weighted by Crippen LogP contribution is -2.61. The van der Waals surface area contributed by atoms with E-state index in [1.165, 1.54) is 0 Å². The van der Waals surface area contributed by atoms with Gasteiger partial charge in [0.2, 0.25) is 0 Å². The number of carbonyl (C=O) groups excluding carboxylic acids is 1. The van der Waals surface area contributed by atoms with E-state index in [-0.39, 0.29) is 17.4 Å². The smallest absolute Gasteiger partial charge is 0.254 e. The highest BCUT2D eigenvalue weighted by Crippen LogP contribution is 2.55. The van der Waals surface area contributed by atoms with Crippen molar-refractivity contribution in [1.82, 2.24) is 15.3 Å². The molecular formula is C21H31N3O2. The Morgan fingerprint density at radius 2 is 1.92 bits per heavy atom. The highest BCUT2D eigenvalue weighted by atomic mass is 16.3. The van der Waals surface area contributed by atoms with Gasteiger partial charge in [-0.1, -0.05) is 20.8 Å². The van der Waals surface area contributed by atoms with Crippen LogP contribution in [0.4, 0.5) is 0 Å². The third-order valence-electron chi connectivity index (χ3n) is 6.47. The molecule has 0 saturated heterocycles. The molecule has 0 aromatic carbocycles. The van der Waals surface area contributed by atoms with Crippen molar-refractivity contribution in [2.75, 3.05) is 0 Å². The molecule has 1 heterocycles. The minimum absolute atomic E-state index is 0.0475. The Morgan fingerprint density at radius 3 is 2.50 bits per heavy atom. The average molecular weight is 357 g/mol. The van der Waals surface area contributed by atoms with Crippen molar-refractivity contribution >= 4 is 5.91 Å². The lowest BCUT2D eigenvalue weighted by molar-refractivity contribution is -0.136. The average Bonchev–Trinajstić information content (AvgIpc) is 2.47. The minimum atomic E-state index is -0.470. The van der Waals surface area contributed by atoms with Crippen molar-refractivity contribution in [3.8, 4) is 0 Å². The molecule has 1 amide bonds. The molecule has 4 fully saturated rings. The van der Waals surface area contributed by atoms with Gasteiger partial charge in [0.25, 0.3) is 5.91 Å². The molecule has 2 N–H and O–H groups in total. The molecule has 2 unspecified atom stereocenters. The molecule has 4 aliphatic rings. The van der Waals surface area contributed by atoms with Gasteiger partial charge in [-0.05, 0) is 68.6 Å². The molecule has 0 aliphatic heterocycles. The molecular weight excluding hydrogens is 326 g/mol. The van der Waals surface area contributed by atoms with Crippen LogP contribution in [0.3, 0.4) is 0 Å². The van der Waals surface area contributed by atoms with Crippen LogP contribution in [-0.4, -0.2) is 32.6 Å². The van der Waals surface area contributed by atoms with Gasteiger partial charge in [0.1, 0.15) is 5.82 Å². The van der Waals surface area contributed by atoms with E-state index in [2.05, 4.69) is 36.1 Å². The second-order valence-corrected chi connectivity index (χ2v) is 10.2. The third kappa shape index (κ3) is 3.38. The van der Waals surface area contributed by atoms with Gasteiger partial charge in [0.15, 0.2) is 0 Å². The van der Waals surface area contributed by atoms with Crippen molar-refractivity contribution in [3.63, 3.8) is 0 Å². The fourth-order valence-corrected chi connectivity index (χ4v) is 5.79. The van der Waals surface area contributed by atoms with Gasteiger partial charge in [-0.2, -0.15) is 0 Å². The van der Waals surface area contributed by atoms with Gasteiger partial charge in [0, 0.05) is 12.2 Å². The second-order valence-electron chi connectivity index (χ2n) is 10.2. The van der Waals surface area contributed by atoms with E-state index in [4.69, 9.17) is 0 Å². The van der Waals surface area contributed by atoms with E-state index in [0.29, 0.717) is 29.1 Å². The molecule has 4 bridgehead atoms. The van der Waals surface area contributed by atoms with E-state index >= 15 is 0 Å². The highest BCUT2D eigenvalue weighted by molar-refractivity contribution is 5.95. The van der Waals surface area contributed by atoms with Crippen molar-refractivity contribution in [3.05, 3.63) is 23.3 Å². The summed E-state index contributed by atoms with van der Waals surface area (Å²) < 4.78 is 0. The molecule has 0 radical (unpaired) electrons. The SMILES string of the molecule is Cc1ncc(C(=O)N[C@H]2C3CC4CC2C[C@@](O)(C4)C3)c(CC(C)(C)C)n1. The summed E-state index contributed by atoms with van der Waals surface area (Å²) in [7, 11) is 0. The summed E-state index contributed by atoms with van der Waals surface area (Å²) in [6.07, 6.45) is 7.35. The van der Waals surface area contributed by atoms with Crippen LogP contribution in [0, 0.1) is 30.1 Å². The number of nitrogens with one attached hydrogen (secondary N) is 1. The number of rotatable bonds is 3. The van der Waals surface area contributed by atoms with Gasteiger partial charge >= 0.3 is 0 Å². The Bertz CT molecular complexity index is 708. The summed E-state index contributed by atoms with van der Waals surface area (Å²) in [4.78, 5) is 21.9. The van der Waals surface area contributed by atoms with E-state index < -0.39 is 5.60 Å². The van der Waals surface area contributed by atoms with E-state index in [0.717, 1.165) is 44.2 Å². The topological polar surface area (TPSA) is 75.1 Å². The summed E-state index contributed by atoms with van der Waals surface area (Å²) in [6.45, 7) is 8.34. The first-order valence-electron chi connectivity index (χ1n) is 9.98. The lowest BCUT2D eigenvalue weighted by atomic mass is 9.52. The van der Waals surface area contributed by atoms with Crippen LogP contribution in [0.25, 0.3) is 0 Å². The van der Waals surface area contributed by atoms with E-state index in [9.17, 15) is 9.90 Å². The molecule has 142 valence electrons. The largest absolute Gasteiger partial charge is 0.390 e. The molecule has 5 heteroatoms. The summed E-state index contributed by atoms with van der Waals surface area (Å²) >= 11 is 0. The Hall–Kier alpha value is -1.49. The fourth-order valence-electron chi connectivity index (χ4n) is 5.79. The quantitative estimate of drug-likeness (QED) is 0.872. The van der Waals surface area contributed by atoms with Gasteiger partial charge in [-0.15, -0.1) is 0 Å². The van der Waals surface area contributed by atoms with Crippen LogP contribution in [0.1, 0.15) is 74.8 Å². The molecule has 4 saturated carbocycles. The number of carbonyl (C=O) groups is 1. The first-order chi connectivity index (χ1) is 12.1. The minimum Gasteiger partial charge on any atom is -0.390 e. The summed E-state index contributed by atoms with van der Waals surface area (Å²) in [6, 6.07) is 0.183. The number of hydrogen-bond donors (Lipinski definition) is 2. The normalized spacial score (nSPS) is 35.6. The summed E-state index contributed by atoms with van der Waals surface area (Å²) in [5, 5.41) is 14.1. The van der Waals surface area contributed by atoms with Crippen molar-refractivity contribution in [2.45, 2.75) is 77.9 Å². The van der Waals surface area contributed by atoms with Gasteiger partial charge in [-0.3, -0.25) is 4.79 Å².